The summed E-state index contributed by atoms with van der Waals surface area (Å²) < 4.78 is 13.3. The normalized spacial score (nSPS) is 18.9. The molecule has 0 spiro atoms. The number of aromatic hydroxyl groups is 1. The van der Waals surface area contributed by atoms with Crippen LogP contribution in [0.25, 0.3) is 0 Å². The molecule has 1 aromatic rings. The molecule has 0 saturated heterocycles. The Morgan fingerprint density at radius 2 is 2.00 bits per heavy atom. The molecule has 16 heavy (non-hydrogen) atoms. The van der Waals surface area contributed by atoms with Gasteiger partial charge in [0.05, 0.1) is 0 Å². The van der Waals surface area contributed by atoms with Gasteiger partial charge in [-0.25, -0.2) is 4.39 Å². The van der Waals surface area contributed by atoms with Gasteiger partial charge >= 0.3 is 0 Å². The summed E-state index contributed by atoms with van der Waals surface area (Å²) in [5.74, 6) is -0.458. The Kier molecular flexibility index (Phi) is 3.15. The van der Waals surface area contributed by atoms with Gasteiger partial charge in [0.25, 0.3) is 0 Å². The lowest BCUT2D eigenvalue weighted by Crippen LogP contribution is -2.20. The first-order valence-corrected chi connectivity index (χ1v) is 5.85. The lowest BCUT2D eigenvalue weighted by molar-refractivity contribution is 0.390. The topological polar surface area (TPSA) is 46.2 Å². The second-order valence-electron chi connectivity index (χ2n) is 4.70. The molecule has 0 unspecified atom stereocenters. The Balaban J connectivity index is 2.34. The first-order valence-electron chi connectivity index (χ1n) is 5.85. The van der Waals surface area contributed by atoms with E-state index in [2.05, 4.69) is 0 Å². The molecule has 0 aliphatic heterocycles. The number of hydrogen-bond acceptors (Lipinski definition) is 2. The van der Waals surface area contributed by atoms with Crippen LogP contribution < -0.4 is 5.73 Å². The standard InChI is InChI=1S/C13H18FNO/c1-8-6-7-10(14)13(16)11(8)12(15)9-4-2-3-5-9/h6-7,9,12,16H,2-5,15H2,1H3/t12-/m1/s1. The molecule has 0 heterocycles. The van der Waals surface area contributed by atoms with Crippen LogP contribution in [0.4, 0.5) is 4.39 Å². The maximum Gasteiger partial charge on any atom is 0.165 e. The molecule has 3 N–H and O–H groups in total. The zero-order valence-electron chi connectivity index (χ0n) is 9.54. The van der Waals surface area contributed by atoms with Gasteiger partial charge in [-0.2, -0.15) is 0 Å². The largest absolute Gasteiger partial charge is 0.505 e. The number of halogens is 1. The van der Waals surface area contributed by atoms with Gasteiger partial charge in [-0.3, -0.25) is 0 Å². The third kappa shape index (κ3) is 1.92. The first kappa shape index (κ1) is 11.4. The number of benzene rings is 1. The van der Waals surface area contributed by atoms with Crippen molar-refractivity contribution in [2.45, 2.75) is 38.6 Å². The molecule has 2 rings (SSSR count). The van der Waals surface area contributed by atoms with Crippen LogP contribution in [0, 0.1) is 18.7 Å². The molecule has 1 aromatic carbocycles. The number of rotatable bonds is 2. The van der Waals surface area contributed by atoms with Crippen LogP contribution in [0.2, 0.25) is 0 Å². The summed E-state index contributed by atoms with van der Waals surface area (Å²) in [7, 11) is 0. The first-order chi connectivity index (χ1) is 7.61. The maximum atomic E-state index is 13.3. The van der Waals surface area contributed by atoms with Gasteiger partial charge in [0.2, 0.25) is 0 Å². The van der Waals surface area contributed by atoms with E-state index in [0.29, 0.717) is 11.5 Å². The minimum atomic E-state index is -0.575. The van der Waals surface area contributed by atoms with Crippen molar-refractivity contribution in [2.75, 3.05) is 0 Å². The maximum absolute atomic E-state index is 13.3. The highest BCUT2D eigenvalue weighted by Crippen LogP contribution is 2.39. The number of phenols is 1. The van der Waals surface area contributed by atoms with E-state index < -0.39 is 5.82 Å². The Morgan fingerprint density at radius 3 is 2.62 bits per heavy atom. The molecule has 1 saturated carbocycles. The lowest BCUT2D eigenvalue weighted by atomic mass is 9.89. The molecule has 1 aliphatic carbocycles. The fourth-order valence-electron chi connectivity index (χ4n) is 2.66. The monoisotopic (exact) mass is 223 g/mol. The van der Waals surface area contributed by atoms with Crippen molar-refractivity contribution in [1.29, 1.82) is 0 Å². The van der Waals surface area contributed by atoms with Gasteiger partial charge in [0.15, 0.2) is 11.6 Å². The molecule has 1 aliphatic rings. The Hall–Kier alpha value is -1.09. The van der Waals surface area contributed by atoms with E-state index in [4.69, 9.17) is 5.73 Å². The van der Waals surface area contributed by atoms with Crippen LogP contribution in [0.1, 0.15) is 42.9 Å². The Labute approximate surface area is 95.3 Å². The van der Waals surface area contributed by atoms with Crippen LogP contribution in [0.15, 0.2) is 12.1 Å². The van der Waals surface area contributed by atoms with Crippen molar-refractivity contribution < 1.29 is 9.50 Å². The van der Waals surface area contributed by atoms with Gasteiger partial charge in [-0.1, -0.05) is 18.9 Å². The zero-order chi connectivity index (χ0) is 11.7. The van der Waals surface area contributed by atoms with E-state index in [9.17, 15) is 9.50 Å². The third-order valence-electron chi connectivity index (χ3n) is 3.63. The Morgan fingerprint density at radius 1 is 1.38 bits per heavy atom. The predicted molar refractivity (Wildman–Crippen MR) is 61.7 cm³/mol. The van der Waals surface area contributed by atoms with Crippen LogP contribution in [0.5, 0.6) is 5.75 Å². The van der Waals surface area contributed by atoms with E-state index in [-0.39, 0.29) is 11.8 Å². The summed E-state index contributed by atoms with van der Waals surface area (Å²) in [4.78, 5) is 0. The van der Waals surface area contributed by atoms with E-state index >= 15 is 0 Å². The molecule has 1 atom stereocenters. The van der Waals surface area contributed by atoms with Gasteiger partial charge < -0.3 is 10.8 Å². The molecule has 0 amide bonds. The second kappa shape index (κ2) is 4.42. The van der Waals surface area contributed by atoms with Crippen molar-refractivity contribution in [3.8, 4) is 5.75 Å². The van der Waals surface area contributed by atoms with Gasteiger partial charge in [-0.05, 0) is 37.3 Å². The summed E-state index contributed by atoms with van der Waals surface area (Å²) in [6.07, 6.45) is 4.54. The minimum Gasteiger partial charge on any atom is -0.505 e. The van der Waals surface area contributed by atoms with Crippen molar-refractivity contribution in [3.05, 3.63) is 29.1 Å². The molecule has 88 valence electrons. The van der Waals surface area contributed by atoms with E-state index in [1.807, 2.05) is 6.92 Å². The third-order valence-corrected chi connectivity index (χ3v) is 3.63. The van der Waals surface area contributed by atoms with Crippen molar-refractivity contribution in [3.63, 3.8) is 0 Å². The highest BCUT2D eigenvalue weighted by atomic mass is 19.1. The summed E-state index contributed by atoms with van der Waals surface area (Å²) in [5.41, 5.74) is 7.61. The lowest BCUT2D eigenvalue weighted by Gasteiger charge is -2.22. The van der Waals surface area contributed by atoms with Gasteiger partial charge in [-0.15, -0.1) is 0 Å². The average molecular weight is 223 g/mol. The molecular weight excluding hydrogens is 205 g/mol. The van der Waals surface area contributed by atoms with Gasteiger partial charge in [0, 0.05) is 11.6 Å². The van der Waals surface area contributed by atoms with Crippen molar-refractivity contribution >= 4 is 0 Å². The molecule has 2 nitrogen and oxygen atoms in total. The fraction of sp³-hybridized carbons (Fsp3) is 0.538. The van der Waals surface area contributed by atoms with E-state index in [1.165, 1.54) is 18.9 Å². The molecule has 0 radical (unpaired) electrons. The van der Waals surface area contributed by atoms with Crippen molar-refractivity contribution in [2.24, 2.45) is 11.7 Å². The summed E-state index contributed by atoms with van der Waals surface area (Å²) in [6.45, 7) is 1.86. The number of phenolic OH excluding ortho intramolecular Hbond substituents is 1. The number of nitrogens with two attached hydrogens (primary N) is 1. The molecule has 3 heteroatoms. The molecule has 0 bridgehead atoms. The zero-order valence-corrected chi connectivity index (χ0v) is 9.54. The summed E-state index contributed by atoms with van der Waals surface area (Å²) in [5, 5.41) is 9.75. The van der Waals surface area contributed by atoms with Crippen LogP contribution in [-0.2, 0) is 0 Å². The Bertz CT molecular complexity index is 386. The van der Waals surface area contributed by atoms with E-state index in [0.717, 1.165) is 18.4 Å². The highest BCUT2D eigenvalue weighted by Gasteiger charge is 2.27. The number of aryl methyl sites for hydroxylation is 1. The molecule has 0 aromatic heterocycles. The van der Waals surface area contributed by atoms with Crippen LogP contribution >= 0.6 is 0 Å². The summed E-state index contributed by atoms with van der Waals surface area (Å²) >= 11 is 0. The average Bonchev–Trinajstić information content (AvgIpc) is 2.77. The molecular formula is C13H18FNO. The highest BCUT2D eigenvalue weighted by molar-refractivity contribution is 5.42. The fourth-order valence-corrected chi connectivity index (χ4v) is 2.66. The second-order valence-corrected chi connectivity index (χ2v) is 4.70. The van der Waals surface area contributed by atoms with Crippen LogP contribution in [-0.4, -0.2) is 5.11 Å². The minimum absolute atomic E-state index is 0.238. The van der Waals surface area contributed by atoms with Crippen molar-refractivity contribution in [1.82, 2.24) is 0 Å². The van der Waals surface area contributed by atoms with E-state index in [1.54, 1.807) is 6.07 Å². The SMILES string of the molecule is Cc1ccc(F)c(O)c1[C@H](N)C1CCCC1. The molecule has 1 fully saturated rings. The predicted octanol–water partition coefficient (Wildman–Crippen LogP) is 3.03. The smallest absolute Gasteiger partial charge is 0.165 e. The van der Waals surface area contributed by atoms with Crippen LogP contribution in [0.3, 0.4) is 0 Å². The van der Waals surface area contributed by atoms with Gasteiger partial charge in [0.1, 0.15) is 0 Å². The quantitative estimate of drug-likeness (QED) is 0.809. The summed E-state index contributed by atoms with van der Waals surface area (Å²) in [6, 6.07) is 2.73. The number of hydrogen-bond donors (Lipinski definition) is 2.